The zero-order chi connectivity index (χ0) is 23.4. The molecule has 2 unspecified atom stereocenters. The molecule has 2 atom stereocenters. The largest absolute Gasteiger partial charge is 0.395 e. The third kappa shape index (κ3) is 7.68. The monoisotopic (exact) mass is 663 g/mol. The number of carbonyl (C=O) groups is 1. The van der Waals surface area contributed by atoms with E-state index in [4.69, 9.17) is 11.5 Å². The lowest BCUT2D eigenvalue weighted by Crippen LogP contribution is -2.34. The van der Waals surface area contributed by atoms with Crippen LogP contribution in [-0.4, -0.2) is 14.7 Å². The van der Waals surface area contributed by atoms with Crippen LogP contribution in [-0.2, 0) is 11.0 Å². The van der Waals surface area contributed by atoms with Crippen molar-refractivity contribution < 1.29 is 17.8 Å². The number of nitrogens with one attached hydrogen (secondary N) is 1. The Balaban J connectivity index is 0.000000325. The van der Waals surface area contributed by atoms with Gasteiger partial charge in [-0.25, -0.2) is 17.7 Å². The molecule has 0 aliphatic carbocycles. The predicted octanol–water partition coefficient (Wildman–Crippen LogP) is 5.34. The first-order valence-corrected chi connectivity index (χ1v) is 12.1. The number of nitrogen functional groups attached to an aromatic ring is 2. The molecule has 30 heavy (non-hydrogen) atoms. The van der Waals surface area contributed by atoms with E-state index in [0.29, 0.717) is 12.7 Å². The maximum atomic E-state index is 13.5. The van der Waals surface area contributed by atoms with E-state index >= 15 is 0 Å². The molecule has 0 spiro atoms. The average molecular weight is 663 g/mol. The van der Waals surface area contributed by atoms with Crippen LogP contribution in [0.1, 0.15) is 56.6 Å². The number of halogens is 4. The number of hydrogen-bond donors (Lipinski definition) is 3. The van der Waals surface area contributed by atoms with Gasteiger partial charge in [0.15, 0.2) is 5.78 Å². The number of nitrogens with two attached hydrogens (primary N) is 2. The van der Waals surface area contributed by atoms with Gasteiger partial charge in [0.05, 0.1) is 27.1 Å². The molecule has 0 aliphatic heterocycles. The minimum absolute atomic E-state index is 0.0978. The van der Waals surface area contributed by atoms with Gasteiger partial charge in [0.25, 0.3) is 0 Å². The van der Waals surface area contributed by atoms with Crippen molar-refractivity contribution in [3.8, 4) is 0 Å². The highest BCUT2D eigenvalue weighted by molar-refractivity contribution is 14.1. The Hall–Kier alpha value is -0.860. The molecule has 5 nitrogen and oxygen atoms in total. The number of benzene rings is 2. The molecule has 0 amide bonds. The summed E-state index contributed by atoms with van der Waals surface area (Å²) in [5.74, 6) is -1.13. The van der Waals surface area contributed by atoms with Gasteiger partial charge < -0.3 is 11.5 Å². The number of Topliss-reactive ketones (excluding diaryl/α,β-unsaturated/α-hetero) is 1. The van der Waals surface area contributed by atoms with Gasteiger partial charge in [0.1, 0.15) is 11.6 Å². The van der Waals surface area contributed by atoms with Gasteiger partial charge in [-0.3, -0.25) is 4.79 Å². The Morgan fingerprint density at radius 3 is 1.90 bits per heavy atom. The van der Waals surface area contributed by atoms with Gasteiger partial charge in [-0.05, 0) is 110 Å². The number of carbonyl (C=O) groups excluding carboxylic acids is 1. The average Bonchev–Trinajstić information content (AvgIpc) is 2.62. The maximum Gasteiger partial charge on any atom is 0.159 e. The summed E-state index contributed by atoms with van der Waals surface area (Å²) in [5, 5.41) is 0. The summed E-state index contributed by atoms with van der Waals surface area (Å²) in [6, 6.07) is 5.71. The fourth-order valence-corrected chi connectivity index (χ4v) is 4.07. The summed E-state index contributed by atoms with van der Waals surface area (Å²) in [6.07, 6.45) is 0. The molecule has 10 heteroatoms. The van der Waals surface area contributed by atoms with E-state index in [9.17, 15) is 17.8 Å². The molecule has 0 fully saturated rings. The van der Waals surface area contributed by atoms with E-state index in [1.165, 1.54) is 13.0 Å². The molecule has 0 aliphatic rings. The second kappa shape index (κ2) is 11.1. The fraction of sp³-hybridized carbons (Fsp3) is 0.350. The van der Waals surface area contributed by atoms with Crippen LogP contribution in [0.4, 0.5) is 20.2 Å². The Morgan fingerprint density at radius 2 is 1.50 bits per heavy atom. The molecule has 0 aromatic heterocycles. The van der Waals surface area contributed by atoms with Crippen LogP contribution >= 0.6 is 45.2 Å². The molecule has 5 N–H and O–H groups in total. The highest BCUT2D eigenvalue weighted by atomic mass is 127. The van der Waals surface area contributed by atoms with Crippen molar-refractivity contribution in [3.63, 3.8) is 0 Å². The number of rotatable bonds is 4. The summed E-state index contributed by atoms with van der Waals surface area (Å²) >= 11 is 3.88. The predicted molar refractivity (Wildman–Crippen MR) is 137 cm³/mol. The van der Waals surface area contributed by atoms with Crippen LogP contribution in [0, 0.1) is 18.8 Å². The van der Waals surface area contributed by atoms with Crippen LogP contribution in [0.5, 0.6) is 0 Å². The van der Waals surface area contributed by atoms with Crippen molar-refractivity contribution in [2.75, 3.05) is 11.5 Å². The second-order valence-corrected chi connectivity index (χ2v) is 11.9. The van der Waals surface area contributed by atoms with Crippen LogP contribution in [0.2, 0.25) is 0 Å². The Labute approximate surface area is 205 Å². The zero-order valence-electron chi connectivity index (χ0n) is 17.3. The van der Waals surface area contributed by atoms with Gasteiger partial charge in [-0.15, -0.1) is 0 Å². The quantitative estimate of drug-likeness (QED) is 0.234. The Morgan fingerprint density at radius 1 is 1.03 bits per heavy atom. The van der Waals surface area contributed by atoms with Gasteiger partial charge in [-0.2, -0.15) is 0 Å². The fourth-order valence-electron chi connectivity index (χ4n) is 2.05. The minimum atomic E-state index is -1.19. The van der Waals surface area contributed by atoms with E-state index in [-0.39, 0.29) is 27.9 Å². The summed E-state index contributed by atoms with van der Waals surface area (Å²) in [4.78, 5) is 10.9. The molecular weight excluding hydrogens is 638 g/mol. The van der Waals surface area contributed by atoms with Crippen molar-refractivity contribution in [1.82, 2.24) is 4.72 Å². The lowest BCUT2D eigenvalue weighted by molar-refractivity contribution is 0.101. The number of anilines is 2. The van der Waals surface area contributed by atoms with Crippen LogP contribution in [0.15, 0.2) is 24.3 Å². The van der Waals surface area contributed by atoms with E-state index in [2.05, 4.69) is 4.72 Å². The molecule has 0 saturated carbocycles. The molecule has 2 rings (SSSR count). The normalized spacial score (nSPS) is 13.2. The SMILES string of the molecule is CC(=O)c1cc(F)c(N)c(I)c1.CC(NS(=O)C(C)(C)C)c1cc(F)c(N)c(I)c1. The third-order valence-corrected chi connectivity index (χ3v) is 7.39. The lowest BCUT2D eigenvalue weighted by atomic mass is 10.1. The minimum Gasteiger partial charge on any atom is -0.395 e. The van der Waals surface area contributed by atoms with Crippen LogP contribution in [0.25, 0.3) is 0 Å². The smallest absolute Gasteiger partial charge is 0.159 e. The summed E-state index contributed by atoms with van der Waals surface area (Å²) in [7, 11) is -1.19. The van der Waals surface area contributed by atoms with Gasteiger partial charge in [-0.1, -0.05) is 0 Å². The number of hydrogen-bond acceptors (Lipinski definition) is 4. The highest BCUT2D eigenvalue weighted by Crippen LogP contribution is 2.25. The van der Waals surface area contributed by atoms with Crippen molar-refractivity contribution in [1.29, 1.82) is 0 Å². The second-order valence-electron chi connectivity index (χ2n) is 7.53. The van der Waals surface area contributed by atoms with Gasteiger partial charge in [0.2, 0.25) is 0 Å². The van der Waals surface area contributed by atoms with Crippen molar-refractivity contribution >= 4 is 73.3 Å². The van der Waals surface area contributed by atoms with Crippen LogP contribution < -0.4 is 16.2 Å². The van der Waals surface area contributed by atoms with Crippen molar-refractivity contribution in [2.24, 2.45) is 0 Å². The molecule has 0 heterocycles. The highest BCUT2D eigenvalue weighted by Gasteiger charge is 2.22. The molecule has 0 saturated heterocycles. The maximum absolute atomic E-state index is 13.5. The molecule has 0 radical (unpaired) electrons. The molecule has 0 bridgehead atoms. The van der Waals surface area contributed by atoms with E-state index in [1.807, 2.05) is 72.9 Å². The first-order chi connectivity index (χ1) is 13.6. The Bertz CT molecular complexity index is 920. The Kier molecular flexibility index (Phi) is 10.1. The number of ketones is 1. The standard InChI is InChI=1S/C12H18FIN2OS.C8H7FINO/c1-7(16-18(17)12(2,3)4)8-5-9(13)11(15)10(14)6-8;1-4(12)5-2-6(9)8(11)7(10)3-5/h5-7,16H,15H2,1-4H3;2-3H,11H2,1H3. The van der Waals surface area contributed by atoms with E-state index in [0.717, 1.165) is 11.6 Å². The summed E-state index contributed by atoms with van der Waals surface area (Å²) < 4.78 is 42.3. The topological polar surface area (TPSA) is 98.2 Å². The summed E-state index contributed by atoms with van der Waals surface area (Å²) in [6.45, 7) is 8.90. The van der Waals surface area contributed by atoms with E-state index in [1.54, 1.807) is 12.1 Å². The zero-order valence-corrected chi connectivity index (χ0v) is 22.4. The van der Waals surface area contributed by atoms with Crippen molar-refractivity contribution in [3.05, 3.63) is 54.2 Å². The van der Waals surface area contributed by atoms with Gasteiger partial charge >= 0.3 is 0 Å². The first kappa shape index (κ1) is 27.2. The van der Waals surface area contributed by atoms with E-state index < -0.39 is 22.6 Å². The van der Waals surface area contributed by atoms with Crippen LogP contribution in [0.3, 0.4) is 0 Å². The van der Waals surface area contributed by atoms with Crippen molar-refractivity contribution in [2.45, 2.75) is 45.4 Å². The molecular formula is C20H25F2I2N3O2S. The lowest BCUT2D eigenvalue weighted by Gasteiger charge is -2.22. The van der Waals surface area contributed by atoms with Gasteiger partial charge in [0, 0.05) is 18.7 Å². The molecule has 2 aromatic carbocycles. The molecule has 166 valence electrons. The third-order valence-electron chi connectivity index (χ3n) is 3.93. The molecule has 2 aromatic rings. The summed E-state index contributed by atoms with van der Waals surface area (Å²) in [5.41, 5.74) is 12.3. The first-order valence-electron chi connectivity index (χ1n) is 8.83.